The molecule has 0 radical (unpaired) electrons. The van der Waals surface area contributed by atoms with Gasteiger partial charge in [-0.15, -0.1) is 0 Å². The maximum Gasteiger partial charge on any atom is 0.222 e. The van der Waals surface area contributed by atoms with Crippen LogP contribution >= 0.6 is 0 Å². The summed E-state index contributed by atoms with van der Waals surface area (Å²) in [5.74, 6) is 0.298. The van der Waals surface area contributed by atoms with E-state index in [2.05, 4.69) is 24.4 Å². The number of carbonyl (C=O) groups is 1. The Morgan fingerprint density at radius 2 is 2.12 bits per heavy atom. The molecule has 0 bridgehead atoms. The molecule has 92 valence electrons. The van der Waals surface area contributed by atoms with Gasteiger partial charge in [0.15, 0.2) is 0 Å². The number of amides is 1. The lowest BCUT2D eigenvalue weighted by atomic mass is 10.0. The Morgan fingerprint density at radius 3 is 2.69 bits per heavy atom. The van der Waals surface area contributed by atoms with Gasteiger partial charge in [-0.3, -0.25) is 4.79 Å². The monoisotopic (exact) mass is 224 g/mol. The molecule has 0 spiro atoms. The zero-order chi connectivity index (χ0) is 11.8. The third kappa shape index (κ3) is 4.35. The molecule has 3 heteroatoms. The molecular formula is C13H24N2O. The Bertz CT molecular complexity index is 230. The lowest BCUT2D eigenvalue weighted by Crippen LogP contribution is -2.44. The van der Waals surface area contributed by atoms with Crippen LogP contribution in [0.1, 0.15) is 39.5 Å². The second-order valence-electron chi connectivity index (χ2n) is 4.32. The number of nitrogens with zero attached hydrogens (tertiary/aromatic N) is 1. The Kier molecular flexibility index (Phi) is 6.16. The molecule has 1 amide bonds. The largest absolute Gasteiger partial charge is 0.343 e. The second-order valence-corrected chi connectivity index (χ2v) is 4.32. The van der Waals surface area contributed by atoms with Gasteiger partial charge in [-0.2, -0.15) is 0 Å². The topological polar surface area (TPSA) is 32.3 Å². The average Bonchev–Trinajstić information content (AvgIpc) is 2.34. The highest BCUT2D eigenvalue weighted by Crippen LogP contribution is 2.11. The summed E-state index contributed by atoms with van der Waals surface area (Å²) in [6.45, 7) is 6.89. The predicted molar refractivity (Wildman–Crippen MR) is 67.3 cm³/mol. The van der Waals surface area contributed by atoms with E-state index in [0.717, 1.165) is 38.9 Å². The first-order valence-electron chi connectivity index (χ1n) is 6.40. The molecule has 0 unspecified atom stereocenters. The third-order valence-electron chi connectivity index (χ3n) is 3.13. The van der Waals surface area contributed by atoms with Crippen LogP contribution in [-0.4, -0.2) is 36.5 Å². The molecule has 1 aliphatic heterocycles. The fraction of sp³-hybridized carbons (Fsp3) is 0.769. The molecule has 1 fully saturated rings. The van der Waals surface area contributed by atoms with Gasteiger partial charge in [-0.1, -0.05) is 19.1 Å². The third-order valence-corrected chi connectivity index (χ3v) is 3.13. The van der Waals surface area contributed by atoms with E-state index in [-0.39, 0.29) is 0 Å². The van der Waals surface area contributed by atoms with Crippen LogP contribution in [0.3, 0.4) is 0 Å². The van der Waals surface area contributed by atoms with Crippen LogP contribution in [0.25, 0.3) is 0 Å². The smallest absolute Gasteiger partial charge is 0.222 e. The van der Waals surface area contributed by atoms with Gasteiger partial charge in [0, 0.05) is 25.6 Å². The highest BCUT2D eigenvalue weighted by molar-refractivity contribution is 5.75. The van der Waals surface area contributed by atoms with Crippen LogP contribution in [0.2, 0.25) is 0 Å². The minimum atomic E-state index is 0.298. The van der Waals surface area contributed by atoms with Crippen molar-refractivity contribution >= 4 is 5.91 Å². The van der Waals surface area contributed by atoms with E-state index in [1.165, 1.54) is 0 Å². The van der Waals surface area contributed by atoms with Gasteiger partial charge >= 0.3 is 0 Å². The summed E-state index contributed by atoms with van der Waals surface area (Å²) in [5.41, 5.74) is 0. The van der Waals surface area contributed by atoms with Gasteiger partial charge in [0.2, 0.25) is 5.91 Å². The molecule has 1 rings (SSSR count). The van der Waals surface area contributed by atoms with Crippen LogP contribution in [0.4, 0.5) is 0 Å². The zero-order valence-electron chi connectivity index (χ0n) is 10.5. The zero-order valence-corrected chi connectivity index (χ0v) is 10.5. The van der Waals surface area contributed by atoms with Crippen molar-refractivity contribution in [2.75, 3.05) is 19.6 Å². The normalized spacial score (nSPS) is 18.2. The summed E-state index contributed by atoms with van der Waals surface area (Å²) in [6, 6.07) is 0.603. The van der Waals surface area contributed by atoms with E-state index in [4.69, 9.17) is 0 Å². The number of hydrogen-bond acceptors (Lipinski definition) is 2. The van der Waals surface area contributed by atoms with Crippen molar-refractivity contribution in [2.24, 2.45) is 0 Å². The second kappa shape index (κ2) is 7.44. The number of hydrogen-bond donors (Lipinski definition) is 1. The van der Waals surface area contributed by atoms with Crippen molar-refractivity contribution in [3.05, 3.63) is 12.2 Å². The van der Waals surface area contributed by atoms with Crippen LogP contribution in [-0.2, 0) is 4.79 Å². The quantitative estimate of drug-likeness (QED) is 0.572. The molecule has 1 aliphatic rings. The highest BCUT2D eigenvalue weighted by atomic mass is 16.2. The predicted octanol–water partition coefficient (Wildman–Crippen LogP) is 1.94. The van der Waals surface area contributed by atoms with Crippen molar-refractivity contribution < 1.29 is 4.79 Å². The van der Waals surface area contributed by atoms with Crippen molar-refractivity contribution in [3.63, 3.8) is 0 Å². The van der Waals surface area contributed by atoms with Crippen LogP contribution in [0.5, 0.6) is 0 Å². The molecule has 3 nitrogen and oxygen atoms in total. The van der Waals surface area contributed by atoms with Crippen molar-refractivity contribution in [3.8, 4) is 0 Å². The van der Waals surface area contributed by atoms with Crippen molar-refractivity contribution in [1.29, 1.82) is 0 Å². The minimum absolute atomic E-state index is 0.298. The lowest BCUT2D eigenvalue weighted by molar-refractivity contribution is -0.131. The average molecular weight is 224 g/mol. The summed E-state index contributed by atoms with van der Waals surface area (Å²) >= 11 is 0. The standard InChI is InChI=1S/C13H24N2O/c1-3-5-6-9-14-12-7-10-15(11-8-12)13(16)4-2/h3,5,12,14H,4,6-11H2,1-2H3/b5-3+. The van der Waals surface area contributed by atoms with Gasteiger partial charge in [0.25, 0.3) is 0 Å². The van der Waals surface area contributed by atoms with E-state index < -0.39 is 0 Å². The van der Waals surface area contributed by atoms with Crippen molar-refractivity contribution in [2.45, 2.75) is 45.6 Å². The van der Waals surface area contributed by atoms with Crippen LogP contribution in [0, 0.1) is 0 Å². The van der Waals surface area contributed by atoms with Crippen LogP contribution in [0.15, 0.2) is 12.2 Å². The summed E-state index contributed by atoms with van der Waals surface area (Å²) in [4.78, 5) is 13.5. The molecule has 0 aromatic heterocycles. The Hall–Kier alpha value is -0.830. The number of likely N-dealkylation sites (tertiary alicyclic amines) is 1. The van der Waals surface area contributed by atoms with Gasteiger partial charge in [0.1, 0.15) is 0 Å². The molecule has 1 N–H and O–H groups in total. The van der Waals surface area contributed by atoms with Gasteiger partial charge in [0.05, 0.1) is 0 Å². The van der Waals surface area contributed by atoms with E-state index >= 15 is 0 Å². The first-order valence-corrected chi connectivity index (χ1v) is 6.40. The van der Waals surface area contributed by atoms with Gasteiger partial charge < -0.3 is 10.2 Å². The maximum absolute atomic E-state index is 11.5. The number of nitrogens with one attached hydrogen (secondary N) is 1. The Labute approximate surface area is 98.9 Å². The molecule has 0 saturated carbocycles. The summed E-state index contributed by atoms with van der Waals surface area (Å²) in [7, 11) is 0. The highest BCUT2D eigenvalue weighted by Gasteiger charge is 2.20. The minimum Gasteiger partial charge on any atom is -0.343 e. The number of carbonyl (C=O) groups excluding carboxylic acids is 1. The van der Waals surface area contributed by atoms with Gasteiger partial charge in [-0.05, 0) is 32.7 Å². The van der Waals surface area contributed by atoms with E-state index in [0.29, 0.717) is 18.4 Å². The van der Waals surface area contributed by atoms with Crippen LogP contribution < -0.4 is 5.32 Å². The SMILES string of the molecule is C/C=C/CCNC1CCN(C(=O)CC)CC1. The number of rotatable bonds is 5. The van der Waals surface area contributed by atoms with E-state index in [9.17, 15) is 4.79 Å². The summed E-state index contributed by atoms with van der Waals surface area (Å²) in [6.07, 6.45) is 8.21. The Balaban J connectivity index is 2.14. The number of allylic oxidation sites excluding steroid dienone is 1. The molecule has 16 heavy (non-hydrogen) atoms. The summed E-state index contributed by atoms with van der Waals surface area (Å²) < 4.78 is 0. The lowest BCUT2D eigenvalue weighted by Gasteiger charge is -2.32. The first kappa shape index (κ1) is 13.2. The van der Waals surface area contributed by atoms with E-state index in [1.807, 2.05) is 11.8 Å². The first-order chi connectivity index (χ1) is 7.77. The fourth-order valence-corrected chi connectivity index (χ4v) is 2.09. The molecular weight excluding hydrogens is 200 g/mol. The van der Waals surface area contributed by atoms with E-state index in [1.54, 1.807) is 0 Å². The van der Waals surface area contributed by atoms with Crippen molar-refractivity contribution in [1.82, 2.24) is 10.2 Å². The number of piperidine rings is 1. The molecule has 0 aliphatic carbocycles. The maximum atomic E-state index is 11.5. The molecule has 0 aromatic rings. The fourth-order valence-electron chi connectivity index (χ4n) is 2.09. The molecule has 0 aromatic carbocycles. The summed E-state index contributed by atoms with van der Waals surface area (Å²) in [5, 5.41) is 3.54. The molecule has 0 atom stereocenters. The Morgan fingerprint density at radius 1 is 1.44 bits per heavy atom. The van der Waals surface area contributed by atoms with Gasteiger partial charge in [-0.25, -0.2) is 0 Å². The molecule has 1 saturated heterocycles. The molecule has 1 heterocycles.